The lowest BCUT2D eigenvalue weighted by Crippen LogP contribution is -2.35. The molecule has 1 fully saturated rings. The number of rotatable bonds is 5. The van der Waals surface area contributed by atoms with Crippen LogP contribution in [0.3, 0.4) is 0 Å². The highest BCUT2D eigenvalue weighted by Crippen LogP contribution is 2.28. The number of aromatic hydroxyl groups is 1. The van der Waals surface area contributed by atoms with Gasteiger partial charge in [0.05, 0.1) is 0 Å². The number of amides is 2. The molecule has 1 saturated carbocycles. The maximum Gasteiger partial charge on any atom is 0.251 e. The standard InChI is InChI=1S/C14H18N2O3/c1-9-8-11(17)4-5-12(9)14(19)16-7-6-15-13(18)10-2-3-10/h4-5,8,10,17H,2-3,6-7H2,1H3,(H,15,18)(H,16,19). The lowest BCUT2D eigenvalue weighted by atomic mass is 10.1. The van der Waals surface area contributed by atoms with Gasteiger partial charge in [0.25, 0.3) is 5.91 Å². The molecule has 0 aromatic heterocycles. The van der Waals surface area contributed by atoms with Gasteiger partial charge >= 0.3 is 0 Å². The highest BCUT2D eigenvalue weighted by molar-refractivity contribution is 5.95. The van der Waals surface area contributed by atoms with Crippen LogP contribution in [0.25, 0.3) is 0 Å². The molecule has 0 bridgehead atoms. The Bertz CT molecular complexity index is 495. The molecule has 1 aliphatic rings. The average molecular weight is 262 g/mol. The molecule has 0 unspecified atom stereocenters. The van der Waals surface area contributed by atoms with E-state index in [0.29, 0.717) is 18.7 Å². The quantitative estimate of drug-likeness (QED) is 0.691. The number of phenols is 1. The van der Waals surface area contributed by atoms with Gasteiger partial charge in [-0.15, -0.1) is 0 Å². The van der Waals surface area contributed by atoms with E-state index < -0.39 is 0 Å². The monoisotopic (exact) mass is 262 g/mol. The lowest BCUT2D eigenvalue weighted by Gasteiger charge is -2.08. The minimum atomic E-state index is -0.196. The van der Waals surface area contributed by atoms with E-state index in [1.54, 1.807) is 19.1 Å². The summed E-state index contributed by atoms with van der Waals surface area (Å²) in [6.45, 7) is 2.61. The van der Waals surface area contributed by atoms with Crippen molar-refractivity contribution in [1.29, 1.82) is 0 Å². The van der Waals surface area contributed by atoms with Crippen LogP contribution in [0, 0.1) is 12.8 Å². The SMILES string of the molecule is Cc1cc(O)ccc1C(=O)NCCNC(=O)C1CC1. The topological polar surface area (TPSA) is 78.4 Å². The zero-order valence-corrected chi connectivity index (χ0v) is 10.9. The van der Waals surface area contributed by atoms with Crippen molar-refractivity contribution in [3.63, 3.8) is 0 Å². The first-order valence-corrected chi connectivity index (χ1v) is 6.43. The molecule has 5 heteroatoms. The summed E-state index contributed by atoms with van der Waals surface area (Å²) in [4.78, 5) is 23.2. The third-order valence-corrected chi connectivity index (χ3v) is 3.11. The second kappa shape index (κ2) is 5.73. The van der Waals surface area contributed by atoms with E-state index in [1.165, 1.54) is 6.07 Å². The van der Waals surface area contributed by atoms with Crippen molar-refractivity contribution in [3.05, 3.63) is 29.3 Å². The van der Waals surface area contributed by atoms with Gasteiger partial charge in [0.2, 0.25) is 5.91 Å². The van der Waals surface area contributed by atoms with E-state index in [0.717, 1.165) is 18.4 Å². The second-order valence-corrected chi connectivity index (χ2v) is 4.82. The van der Waals surface area contributed by atoms with E-state index in [9.17, 15) is 14.7 Å². The van der Waals surface area contributed by atoms with Crippen LogP contribution >= 0.6 is 0 Å². The summed E-state index contributed by atoms with van der Waals surface area (Å²) >= 11 is 0. The number of carbonyl (C=O) groups is 2. The molecule has 2 amide bonds. The summed E-state index contributed by atoms with van der Waals surface area (Å²) in [5.74, 6) is 0.217. The largest absolute Gasteiger partial charge is 0.508 e. The number of carbonyl (C=O) groups excluding carboxylic acids is 2. The summed E-state index contributed by atoms with van der Waals surface area (Å²) in [6, 6.07) is 4.61. The zero-order valence-electron chi connectivity index (χ0n) is 10.9. The first kappa shape index (κ1) is 13.4. The zero-order chi connectivity index (χ0) is 13.8. The summed E-state index contributed by atoms with van der Waals surface area (Å²) in [7, 11) is 0. The van der Waals surface area contributed by atoms with E-state index in [1.807, 2.05) is 0 Å². The Balaban J connectivity index is 1.75. The van der Waals surface area contributed by atoms with E-state index in [2.05, 4.69) is 10.6 Å². The molecule has 1 aromatic rings. The molecule has 1 aliphatic carbocycles. The van der Waals surface area contributed by atoms with Crippen molar-refractivity contribution < 1.29 is 14.7 Å². The Morgan fingerprint density at radius 2 is 1.95 bits per heavy atom. The van der Waals surface area contributed by atoms with E-state index in [-0.39, 0.29) is 23.5 Å². The molecule has 1 aromatic carbocycles. The maximum absolute atomic E-state index is 11.9. The van der Waals surface area contributed by atoms with Crippen LogP contribution in [0.2, 0.25) is 0 Å². The minimum absolute atomic E-state index is 0.0788. The Hall–Kier alpha value is -2.04. The molecule has 102 valence electrons. The molecular weight excluding hydrogens is 244 g/mol. The summed E-state index contributed by atoms with van der Waals surface area (Å²) < 4.78 is 0. The Labute approximate surface area is 112 Å². The van der Waals surface area contributed by atoms with Crippen molar-refractivity contribution in [2.75, 3.05) is 13.1 Å². The third-order valence-electron chi connectivity index (χ3n) is 3.11. The molecule has 2 rings (SSSR count). The fraction of sp³-hybridized carbons (Fsp3) is 0.429. The molecule has 0 spiro atoms. The van der Waals surface area contributed by atoms with Crippen LogP contribution in [-0.2, 0) is 4.79 Å². The third kappa shape index (κ3) is 3.71. The van der Waals surface area contributed by atoms with Crippen LogP contribution in [0.15, 0.2) is 18.2 Å². The number of hydrogen-bond acceptors (Lipinski definition) is 3. The lowest BCUT2D eigenvalue weighted by molar-refractivity contribution is -0.122. The molecule has 19 heavy (non-hydrogen) atoms. The van der Waals surface area contributed by atoms with Crippen LogP contribution in [-0.4, -0.2) is 30.0 Å². The van der Waals surface area contributed by atoms with Gasteiger partial charge in [0, 0.05) is 24.6 Å². The fourth-order valence-electron chi connectivity index (χ4n) is 1.85. The fourth-order valence-corrected chi connectivity index (χ4v) is 1.85. The first-order valence-electron chi connectivity index (χ1n) is 6.43. The van der Waals surface area contributed by atoms with Crippen molar-refractivity contribution in [1.82, 2.24) is 10.6 Å². The molecular formula is C14H18N2O3. The van der Waals surface area contributed by atoms with Crippen LogP contribution in [0.4, 0.5) is 0 Å². The van der Waals surface area contributed by atoms with Crippen LogP contribution < -0.4 is 10.6 Å². The summed E-state index contributed by atoms with van der Waals surface area (Å²) in [5.41, 5.74) is 1.26. The molecule has 0 radical (unpaired) electrons. The van der Waals surface area contributed by atoms with E-state index in [4.69, 9.17) is 0 Å². The van der Waals surface area contributed by atoms with E-state index >= 15 is 0 Å². The first-order chi connectivity index (χ1) is 9.08. The van der Waals surface area contributed by atoms with Gasteiger partial charge in [0.15, 0.2) is 0 Å². The highest BCUT2D eigenvalue weighted by atomic mass is 16.3. The number of nitrogens with one attached hydrogen (secondary N) is 2. The Morgan fingerprint density at radius 3 is 2.58 bits per heavy atom. The Kier molecular flexibility index (Phi) is 4.04. The van der Waals surface area contributed by atoms with Gasteiger partial charge in [-0.05, 0) is 43.5 Å². The molecule has 0 aliphatic heterocycles. The van der Waals surface area contributed by atoms with Gasteiger partial charge < -0.3 is 15.7 Å². The van der Waals surface area contributed by atoms with Crippen LogP contribution in [0.5, 0.6) is 5.75 Å². The second-order valence-electron chi connectivity index (χ2n) is 4.82. The summed E-state index contributed by atoms with van der Waals surface area (Å²) in [6.07, 6.45) is 1.95. The van der Waals surface area contributed by atoms with Crippen molar-refractivity contribution in [2.24, 2.45) is 5.92 Å². The van der Waals surface area contributed by atoms with Crippen LogP contribution in [0.1, 0.15) is 28.8 Å². The van der Waals surface area contributed by atoms with Crippen molar-refractivity contribution in [2.45, 2.75) is 19.8 Å². The average Bonchev–Trinajstić information content (AvgIpc) is 3.18. The number of aryl methyl sites for hydroxylation is 1. The summed E-state index contributed by atoms with van der Waals surface area (Å²) in [5, 5.41) is 14.8. The predicted molar refractivity (Wildman–Crippen MR) is 70.9 cm³/mol. The Morgan fingerprint density at radius 1 is 1.26 bits per heavy atom. The normalized spacial score (nSPS) is 13.9. The minimum Gasteiger partial charge on any atom is -0.508 e. The number of hydrogen-bond donors (Lipinski definition) is 3. The van der Waals surface area contributed by atoms with Gasteiger partial charge in [-0.3, -0.25) is 9.59 Å². The maximum atomic E-state index is 11.9. The van der Waals surface area contributed by atoms with Gasteiger partial charge in [-0.1, -0.05) is 0 Å². The molecule has 5 nitrogen and oxygen atoms in total. The molecule has 0 heterocycles. The predicted octanol–water partition coefficient (Wildman–Crippen LogP) is 0.957. The smallest absolute Gasteiger partial charge is 0.251 e. The highest BCUT2D eigenvalue weighted by Gasteiger charge is 2.28. The molecule has 0 atom stereocenters. The van der Waals surface area contributed by atoms with Crippen molar-refractivity contribution >= 4 is 11.8 Å². The number of benzene rings is 1. The van der Waals surface area contributed by atoms with Gasteiger partial charge in [-0.2, -0.15) is 0 Å². The number of phenolic OH excluding ortho intramolecular Hbond substituents is 1. The van der Waals surface area contributed by atoms with Gasteiger partial charge in [0.1, 0.15) is 5.75 Å². The van der Waals surface area contributed by atoms with Crippen molar-refractivity contribution in [3.8, 4) is 5.75 Å². The molecule has 0 saturated heterocycles. The van der Waals surface area contributed by atoms with Gasteiger partial charge in [-0.25, -0.2) is 0 Å². The molecule has 3 N–H and O–H groups in total.